The normalized spacial score (nSPS) is 13.4. The van der Waals surface area contributed by atoms with Gasteiger partial charge in [0.05, 0.1) is 5.52 Å². The minimum absolute atomic E-state index is 0.173. The van der Waals surface area contributed by atoms with Crippen LogP contribution in [-0.4, -0.2) is 10.8 Å². The Morgan fingerprint density at radius 3 is 2.55 bits per heavy atom. The number of Topliss-reactive ketones (excluding diaryl/α,β-unsaturated/α-hetero) is 1. The van der Waals surface area contributed by atoms with Gasteiger partial charge in [-0.25, -0.2) is 0 Å². The first-order valence-electron chi connectivity index (χ1n) is 7.22. The van der Waals surface area contributed by atoms with Gasteiger partial charge in [0.15, 0.2) is 0 Å². The molecule has 1 atom stereocenters. The van der Waals surface area contributed by atoms with Crippen LogP contribution in [0.5, 0.6) is 0 Å². The topological polar surface area (TPSA) is 30.0 Å². The van der Waals surface area contributed by atoms with Crippen molar-refractivity contribution in [1.82, 2.24) is 4.98 Å². The standard InChI is InChI=1S/C18H23NO/c1-13(18(2,3)4)11-16(20)12-15-10-9-14-7-5-6-8-17(14)19-15/h5-10,13H,11-12H2,1-4H3. The van der Waals surface area contributed by atoms with Gasteiger partial charge in [-0.05, 0) is 23.5 Å². The number of hydrogen-bond acceptors (Lipinski definition) is 2. The molecule has 0 fully saturated rings. The Kier molecular flexibility index (Phi) is 4.22. The molecule has 2 nitrogen and oxygen atoms in total. The summed E-state index contributed by atoms with van der Waals surface area (Å²) in [7, 11) is 0. The van der Waals surface area contributed by atoms with Crippen molar-refractivity contribution in [2.24, 2.45) is 11.3 Å². The summed E-state index contributed by atoms with van der Waals surface area (Å²) in [5.74, 6) is 0.658. The monoisotopic (exact) mass is 269 g/mol. The van der Waals surface area contributed by atoms with Gasteiger partial charge in [0, 0.05) is 23.9 Å². The predicted octanol–water partition coefficient (Wildman–Crippen LogP) is 4.42. The number of pyridine rings is 1. The van der Waals surface area contributed by atoms with Crippen LogP contribution in [0.3, 0.4) is 0 Å². The van der Waals surface area contributed by atoms with Crippen molar-refractivity contribution in [1.29, 1.82) is 0 Å². The molecule has 2 aromatic rings. The lowest BCUT2D eigenvalue weighted by molar-refractivity contribution is -0.120. The average molecular weight is 269 g/mol. The number of hydrogen-bond donors (Lipinski definition) is 0. The molecule has 0 aliphatic rings. The minimum atomic E-state index is 0.173. The molecule has 0 aliphatic carbocycles. The molecule has 0 saturated heterocycles. The largest absolute Gasteiger partial charge is 0.299 e. The number of rotatable bonds is 4. The van der Waals surface area contributed by atoms with Crippen LogP contribution in [0.15, 0.2) is 36.4 Å². The maximum atomic E-state index is 12.2. The van der Waals surface area contributed by atoms with Gasteiger partial charge in [0.1, 0.15) is 5.78 Å². The lowest BCUT2D eigenvalue weighted by Gasteiger charge is -2.26. The quantitative estimate of drug-likeness (QED) is 0.822. The van der Waals surface area contributed by atoms with E-state index in [2.05, 4.69) is 32.7 Å². The van der Waals surface area contributed by atoms with Crippen molar-refractivity contribution in [3.05, 3.63) is 42.1 Å². The van der Waals surface area contributed by atoms with Crippen LogP contribution in [-0.2, 0) is 11.2 Å². The molecule has 1 aromatic heterocycles. The van der Waals surface area contributed by atoms with Gasteiger partial charge in [-0.15, -0.1) is 0 Å². The highest BCUT2D eigenvalue weighted by atomic mass is 16.1. The SMILES string of the molecule is CC(CC(=O)Cc1ccc2ccccc2n1)C(C)(C)C. The second kappa shape index (κ2) is 5.74. The molecule has 0 radical (unpaired) electrons. The van der Waals surface area contributed by atoms with Crippen molar-refractivity contribution in [3.8, 4) is 0 Å². The van der Waals surface area contributed by atoms with E-state index in [-0.39, 0.29) is 11.2 Å². The second-order valence-corrected chi connectivity index (χ2v) is 6.68. The third-order valence-corrected chi connectivity index (χ3v) is 4.05. The third kappa shape index (κ3) is 3.66. The van der Waals surface area contributed by atoms with Crippen LogP contribution in [0.25, 0.3) is 10.9 Å². The van der Waals surface area contributed by atoms with E-state index in [1.807, 2.05) is 36.4 Å². The minimum Gasteiger partial charge on any atom is -0.299 e. The molecule has 1 aromatic carbocycles. The van der Waals surface area contributed by atoms with Crippen LogP contribution in [0.1, 0.15) is 39.8 Å². The van der Waals surface area contributed by atoms with Crippen molar-refractivity contribution in [2.75, 3.05) is 0 Å². The third-order valence-electron chi connectivity index (χ3n) is 4.05. The number of carbonyl (C=O) groups is 1. The van der Waals surface area contributed by atoms with E-state index >= 15 is 0 Å². The zero-order valence-corrected chi connectivity index (χ0v) is 12.8. The molecule has 0 bridgehead atoms. The number of carbonyl (C=O) groups excluding carboxylic acids is 1. The molecule has 0 N–H and O–H groups in total. The first-order chi connectivity index (χ1) is 9.36. The predicted molar refractivity (Wildman–Crippen MR) is 83.7 cm³/mol. The molecular weight excluding hydrogens is 246 g/mol. The molecule has 0 amide bonds. The zero-order chi connectivity index (χ0) is 14.8. The first kappa shape index (κ1) is 14.7. The average Bonchev–Trinajstić information content (AvgIpc) is 2.37. The molecule has 1 heterocycles. The van der Waals surface area contributed by atoms with Gasteiger partial charge in [0.25, 0.3) is 0 Å². The van der Waals surface area contributed by atoms with Crippen molar-refractivity contribution >= 4 is 16.7 Å². The highest BCUT2D eigenvalue weighted by Crippen LogP contribution is 2.28. The molecule has 1 unspecified atom stereocenters. The van der Waals surface area contributed by atoms with Crippen molar-refractivity contribution < 1.29 is 4.79 Å². The Balaban J connectivity index is 2.06. The van der Waals surface area contributed by atoms with Gasteiger partial charge in [-0.1, -0.05) is 52.0 Å². The van der Waals surface area contributed by atoms with Crippen LogP contribution < -0.4 is 0 Å². The molecule has 2 heteroatoms. The molecule has 2 rings (SSSR count). The van der Waals surface area contributed by atoms with E-state index < -0.39 is 0 Å². The van der Waals surface area contributed by atoms with E-state index in [4.69, 9.17) is 0 Å². The molecule has 106 valence electrons. The lowest BCUT2D eigenvalue weighted by Crippen LogP contribution is -2.21. The Morgan fingerprint density at radius 1 is 1.15 bits per heavy atom. The summed E-state index contributed by atoms with van der Waals surface area (Å²) in [5, 5.41) is 1.12. The highest BCUT2D eigenvalue weighted by molar-refractivity contribution is 5.83. The van der Waals surface area contributed by atoms with Crippen LogP contribution in [0, 0.1) is 11.3 Å². The maximum absolute atomic E-state index is 12.2. The fourth-order valence-corrected chi connectivity index (χ4v) is 2.13. The van der Waals surface area contributed by atoms with Gasteiger partial charge < -0.3 is 0 Å². The van der Waals surface area contributed by atoms with Crippen molar-refractivity contribution in [3.63, 3.8) is 0 Å². The zero-order valence-electron chi connectivity index (χ0n) is 12.8. The van der Waals surface area contributed by atoms with E-state index in [0.717, 1.165) is 16.6 Å². The maximum Gasteiger partial charge on any atom is 0.139 e. The van der Waals surface area contributed by atoms with Gasteiger partial charge in [-0.3, -0.25) is 9.78 Å². The number of aromatic nitrogens is 1. The highest BCUT2D eigenvalue weighted by Gasteiger charge is 2.22. The van der Waals surface area contributed by atoms with E-state index in [1.165, 1.54) is 0 Å². The number of benzene rings is 1. The molecule has 20 heavy (non-hydrogen) atoms. The van der Waals surface area contributed by atoms with Crippen LogP contribution >= 0.6 is 0 Å². The van der Waals surface area contributed by atoms with E-state index in [1.54, 1.807) is 0 Å². The molecule has 0 spiro atoms. The fourth-order valence-electron chi connectivity index (χ4n) is 2.13. The smallest absolute Gasteiger partial charge is 0.139 e. The number of nitrogens with zero attached hydrogens (tertiary/aromatic N) is 1. The second-order valence-electron chi connectivity index (χ2n) is 6.68. The summed E-state index contributed by atoms with van der Waals surface area (Å²) in [5.41, 5.74) is 2.00. The number of ketones is 1. The number of fused-ring (bicyclic) bond motifs is 1. The van der Waals surface area contributed by atoms with E-state index in [9.17, 15) is 4.79 Å². The summed E-state index contributed by atoms with van der Waals surface area (Å²) in [6, 6.07) is 12.0. The Hall–Kier alpha value is -1.70. The van der Waals surface area contributed by atoms with E-state index in [0.29, 0.717) is 18.8 Å². The number of para-hydroxylation sites is 1. The van der Waals surface area contributed by atoms with Gasteiger partial charge in [-0.2, -0.15) is 0 Å². The Labute approximate surface area is 121 Å². The van der Waals surface area contributed by atoms with Crippen molar-refractivity contribution in [2.45, 2.75) is 40.5 Å². The molecular formula is C18H23NO. The summed E-state index contributed by atoms with van der Waals surface area (Å²) >= 11 is 0. The fraction of sp³-hybridized carbons (Fsp3) is 0.444. The van der Waals surface area contributed by atoms with Gasteiger partial charge in [0.2, 0.25) is 0 Å². The Morgan fingerprint density at radius 2 is 1.85 bits per heavy atom. The molecule has 0 saturated carbocycles. The van der Waals surface area contributed by atoms with Crippen LogP contribution in [0.2, 0.25) is 0 Å². The lowest BCUT2D eigenvalue weighted by atomic mass is 9.79. The first-order valence-corrected chi connectivity index (χ1v) is 7.22. The molecule has 0 aliphatic heterocycles. The summed E-state index contributed by atoms with van der Waals surface area (Å²) in [6.07, 6.45) is 1.06. The summed E-state index contributed by atoms with van der Waals surface area (Å²) in [6.45, 7) is 8.68. The summed E-state index contributed by atoms with van der Waals surface area (Å²) < 4.78 is 0. The van der Waals surface area contributed by atoms with Crippen LogP contribution in [0.4, 0.5) is 0 Å². The Bertz CT molecular complexity index is 610. The summed E-state index contributed by atoms with van der Waals surface area (Å²) in [4.78, 5) is 16.7. The van der Waals surface area contributed by atoms with Gasteiger partial charge >= 0.3 is 0 Å².